The van der Waals surface area contributed by atoms with Gasteiger partial charge in [0.15, 0.2) is 0 Å². The lowest BCUT2D eigenvalue weighted by atomic mass is 10.1. The van der Waals surface area contributed by atoms with Crippen molar-refractivity contribution in [1.82, 2.24) is 4.72 Å². The summed E-state index contributed by atoms with van der Waals surface area (Å²) in [6.45, 7) is 2.79. The van der Waals surface area contributed by atoms with Crippen LogP contribution < -0.4 is 10.0 Å². The van der Waals surface area contributed by atoms with Gasteiger partial charge in [0.05, 0.1) is 17.0 Å². The first kappa shape index (κ1) is 18.1. The van der Waals surface area contributed by atoms with Crippen LogP contribution in [0.1, 0.15) is 24.2 Å². The van der Waals surface area contributed by atoms with Crippen LogP contribution in [0.15, 0.2) is 59.5 Å². The van der Waals surface area contributed by atoms with Crippen molar-refractivity contribution in [3.63, 3.8) is 0 Å². The molecule has 0 saturated heterocycles. The Labute approximate surface area is 141 Å². The van der Waals surface area contributed by atoms with E-state index in [9.17, 15) is 18.3 Å². The Morgan fingerprint density at radius 3 is 2.38 bits per heavy atom. The molecule has 0 aromatic heterocycles. The average molecular weight is 348 g/mol. The number of nitrogens with one attached hydrogen (secondary N) is 2. The molecule has 2 aromatic carbocycles. The summed E-state index contributed by atoms with van der Waals surface area (Å²) in [4.78, 5) is 12.2. The van der Waals surface area contributed by atoms with Crippen LogP contribution in [0.5, 0.6) is 0 Å². The van der Waals surface area contributed by atoms with Gasteiger partial charge in [-0.25, -0.2) is 13.1 Å². The van der Waals surface area contributed by atoms with Gasteiger partial charge in [0.25, 0.3) is 5.91 Å². The van der Waals surface area contributed by atoms with Crippen molar-refractivity contribution in [2.45, 2.75) is 24.3 Å². The molecule has 128 valence electrons. The Hall–Kier alpha value is -2.22. The van der Waals surface area contributed by atoms with E-state index in [2.05, 4.69) is 10.0 Å². The van der Waals surface area contributed by atoms with Crippen LogP contribution in [-0.4, -0.2) is 31.6 Å². The summed E-state index contributed by atoms with van der Waals surface area (Å²) in [5.41, 5.74) is -0.153. The van der Waals surface area contributed by atoms with Gasteiger partial charge in [0.1, 0.15) is 0 Å². The maximum atomic E-state index is 12.4. The molecule has 0 unspecified atom stereocenters. The van der Waals surface area contributed by atoms with E-state index in [0.717, 1.165) is 0 Å². The van der Waals surface area contributed by atoms with Crippen molar-refractivity contribution in [2.75, 3.05) is 11.9 Å². The van der Waals surface area contributed by atoms with E-state index in [1.165, 1.54) is 24.3 Å². The standard InChI is InChI=1S/C17H20N2O4S/c1-17(2,12-20)19-24(22,23)15-10-6-7-13(11-15)16(21)18-14-8-4-3-5-9-14/h3-11,19-20H,12H2,1-2H3,(H,18,21). The third-order valence-electron chi connectivity index (χ3n) is 3.24. The second-order valence-corrected chi connectivity index (χ2v) is 7.68. The third kappa shape index (κ3) is 4.64. The maximum absolute atomic E-state index is 12.4. The van der Waals surface area contributed by atoms with Gasteiger partial charge >= 0.3 is 0 Å². The van der Waals surface area contributed by atoms with Crippen LogP contribution in [-0.2, 0) is 10.0 Å². The number of sulfonamides is 1. The number of benzene rings is 2. The summed E-state index contributed by atoms with van der Waals surface area (Å²) in [5.74, 6) is -0.403. The van der Waals surface area contributed by atoms with Crippen LogP contribution in [0.4, 0.5) is 5.69 Å². The number of amides is 1. The van der Waals surface area contributed by atoms with Crippen LogP contribution in [0.2, 0.25) is 0 Å². The van der Waals surface area contributed by atoms with Crippen molar-refractivity contribution >= 4 is 21.6 Å². The number of hydrogen-bond donors (Lipinski definition) is 3. The molecule has 0 fully saturated rings. The van der Waals surface area contributed by atoms with Gasteiger partial charge in [-0.05, 0) is 44.2 Å². The Kier molecular flexibility index (Phi) is 5.38. The minimum atomic E-state index is -3.85. The first-order valence-corrected chi connectivity index (χ1v) is 8.83. The molecular weight excluding hydrogens is 328 g/mol. The van der Waals surface area contributed by atoms with E-state index in [0.29, 0.717) is 5.69 Å². The lowest BCUT2D eigenvalue weighted by molar-refractivity contribution is 0.102. The normalized spacial score (nSPS) is 12.0. The highest BCUT2D eigenvalue weighted by molar-refractivity contribution is 7.89. The fourth-order valence-electron chi connectivity index (χ4n) is 1.98. The van der Waals surface area contributed by atoms with Crippen LogP contribution >= 0.6 is 0 Å². The molecule has 0 aliphatic rings. The molecule has 0 spiro atoms. The SMILES string of the molecule is CC(C)(CO)NS(=O)(=O)c1cccc(C(=O)Nc2ccccc2)c1. The van der Waals surface area contributed by atoms with E-state index in [-0.39, 0.29) is 17.1 Å². The average Bonchev–Trinajstić information content (AvgIpc) is 2.55. The van der Waals surface area contributed by atoms with E-state index < -0.39 is 21.5 Å². The zero-order valence-electron chi connectivity index (χ0n) is 13.5. The second kappa shape index (κ2) is 7.12. The highest BCUT2D eigenvalue weighted by Crippen LogP contribution is 2.16. The van der Waals surface area contributed by atoms with Crippen molar-refractivity contribution in [1.29, 1.82) is 0 Å². The van der Waals surface area contributed by atoms with Crippen molar-refractivity contribution in [3.8, 4) is 0 Å². The Morgan fingerprint density at radius 1 is 1.08 bits per heavy atom. The van der Waals surface area contributed by atoms with E-state index in [4.69, 9.17) is 0 Å². The number of rotatable bonds is 6. The second-order valence-electron chi connectivity index (χ2n) is 6.00. The summed E-state index contributed by atoms with van der Waals surface area (Å²) in [7, 11) is -3.85. The van der Waals surface area contributed by atoms with E-state index >= 15 is 0 Å². The van der Waals surface area contributed by atoms with Gasteiger partial charge in [0.2, 0.25) is 10.0 Å². The summed E-state index contributed by atoms with van der Waals surface area (Å²) >= 11 is 0. The number of hydrogen-bond acceptors (Lipinski definition) is 4. The summed E-state index contributed by atoms with van der Waals surface area (Å²) < 4.78 is 27.2. The number of aliphatic hydroxyl groups excluding tert-OH is 1. The van der Waals surface area contributed by atoms with Crippen molar-refractivity contribution in [3.05, 3.63) is 60.2 Å². The molecule has 0 bridgehead atoms. The highest BCUT2D eigenvalue weighted by atomic mass is 32.2. The fourth-order valence-corrected chi connectivity index (χ4v) is 3.43. The molecule has 24 heavy (non-hydrogen) atoms. The van der Waals surface area contributed by atoms with Crippen molar-refractivity contribution in [2.24, 2.45) is 0 Å². The molecule has 7 heteroatoms. The number of carbonyl (C=O) groups excluding carboxylic acids is 1. The molecule has 0 radical (unpaired) electrons. The summed E-state index contributed by atoms with van der Waals surface area (Å²) in [6.07, 6.45) is 0. The smallest absolute Gasteiger partial charge is 0.255 e. The lowest BCUT2D eigenvalue weighted by Gasteiger charge is -2.23. The van der Waals surface area contributed by atoms with Gasteiger partial charge in [0, 0.05) is 11.3 Å². The number of aliphatic hydroxyl groups is 1. The van der Waals surface area contributed by atoms with Gasteiger partial charge in [-0.2, -0.15) is 0 Å². The summed E-state index contributed by atoms with van der Waals surface area (Å²) in [6, 6.07) is 14.6. The maximum Gasteiger partial charge on any atom is 0.255 e. The first-order valence-electron chi connectivity index (χ1n) is 7.35. The lowest BCUT2D eigenvalue weighted by Crippen LogP contribution is -2.46. The number of para-hydroxylation sites is 1. The largest absolute Gasteiger partial charge is 0.394 e. The van der Waals surface area contributed by atoms with E-state index in [1.807, 2.05) is 6.07 Å². The Morgan fingerprint density at radius 2 is 1.75 bits per heavy atom. The molecule has 0 atom stereocenters. The zero-order valence-corrected chi connectivity index (χ0v) is 14.3. The molecule has 0 saturated carbocycles. The summed E-state index contributed by atoms with van der Waals surface area (Å²) in [5, 5.41) is 11.9. The topological polar surface area (TPSA) is 95.5 Å². The first-order chi connectivity index (χ1) is 11.2. The highest BCUT2D eigenvalue weighted by Gasteiger charge is 2.26. The fraction of sp³-hybridized carbons (Fsp3) is 0.235. The quantitative estimate of drug-likeness (QED) is 0.744. The number of carbonyl (C=O) groups is 1. The van der Waals surface area contributed by atoms with Gasteiger partial charge in [-0.1, -0.05) is 24.3 Å². The Balaban J connectivity index is 2.24. The molecule has 6 nitrogen and oxygen atoms in total. The van der Waals surface area contributed by atoms with Gasteiger partial charge in [-0.15, -0.1) is 0 Å². The molecule has 1 amide bonds. The van der Waals surface area contributed by atoms with Crippen LogP contribution in [0, 0.1) is 0 Å². The van der Waals surface area contributed by atoms with Crippen molar-refractivity contribution < 1.29 is 18.3 Å². The molecule has 3 N–H and O–H groups in total. The van der Waals surface area contributed by atoms with Crippen LogP contribution in [0.25, 0.3) is 0 Å². The molecule has 0 aliphatic heterocycles. The van der Waals surface area contributed by atoms with Gasteiger partial charge in [-0.3, -0.25) is 4.79 Å². The third-order valence-corrected chi connectivity index (χ3v) is 4.94. The molecule has 2 rings (SSSR count). The van der Waals surface area contributed by atoms with Crippen LogP contribution in [0.3, 0.4) is 0 Å². The minimum Gasteiger partial charge on any atom is -0.394 e. The van der Waals surface area contributed by atoms with E-state index in [1.54, 1.807) is 38.1 Å². The molecule has 0 heterocycles. The predicted octanol–water partition coefficient (Wildman–Crippen LogP) is 1.99. The predicted molar refractivity (Wildman–Crippen MR) is 92.3 cm³/mol. The zero-order chi connectivity index (χ0) is 17.8. The monoisotopic (exact) mass is 348 g/mol. The number of anilines is 1. The minimum absolute atomic E-state index is 0.0373. The Bertz CT molecular complexity index is 817. The molecular formula is C17H20N2O4S. The molecule has 0 aliphatic carbocycles. The van der Waals surface area contributed by atoms with Gasteiger partial charge < -0.3 is 10.4 Å². The molecule has 2 aromatic rings.